The molecule has 0 aliphatic heterocycles. The van der Waals surface area contributed by atoms with Crippen LogP contribution >= 0.6 is 0 Å². The second kappa shape index (κ2) is 7.06. The lowest BCUT2D eigenvalue weighted by atomic mass is 10.2. The first-order chi connectivity index (χ1) is 11.6. The summed E-state index contributed by atoms with van der Waals surface area (Å²) in [6, 6.07) is 15.4. The number of ether oxygens (including phenoxy) is 2. The maximum Gasteiger partial charge on any atom is 0.338 e. The summed E-state index contributed by atoms with van der Waals surface area (Å²) in [6.07, 6.45) is -0.797. The Hall–Kier alpha value is -2.99. The van der Waals surface area contributed by atoms with Gasteiger partial charge in [0.05, 0.1) is 0 Å². The number of aliphatic hydroxyl groups is 1. The van der Waals surface area contributed by atoms with Gasteiger partial charge in [0.25, 0.3) is 0 Å². The smallest absolute Gasteiger partial charge is 0.338 e. The van der Waals surface area contributed by atoms with Crippen molar-refractivity contribution >= 4 is 16.7 Å². The van der Waals surface area contributed by atoms with Gasteiger partial charge in [-0.15, -0.1) is 0 Å². The highest BCUT2D eigenvalue weighted by Crippen LogP contribution is 2.23. The van der Waals surface area contributed by atoms with E-state index in [2.05, 4.69) is 0 Å². The zero-order valence-corrected chi connectivity index (χ0v) is 12.8. The highest BCUT2D eigenvalue weighted by molar-refractivity contribution is 5.89. The van der Waals surface area contributed by atoms with Gasteiger partial charge in [0.1, 0.15) is 36.4 Å². The molecular formula is C18H17NO5. The van der Waals surface area contributed by atoms with Crippen molar-refractivity contribution in [3.8, 4) is 11.5 Å². The fourth-order valence-electron chi connectivity index (χ4n) is 2.21. The zero-order chi connectivity index (χ0) is 16.9. The van der Waals surface area contributed by atoms with Gasteiger partial charge in [0, 0.05) is 23.2 Å². The van der Waals surface area contributed by atoms with Gasteiger partial charge in [-0.05, 0) is 24.3 Å². The quantitative estimate of drug-likeness (QED) is 0.674. The highest BCUT2D eigenvalue weighted by atomic mass is 16.5. The molecule has 6 nitrogen and oxygen atoms in total. The largest absolute Gasteiger partial charge is 0.491 e. The van der Waals surface area contributed by atoms with E-state index >= 15 is 0 Å². The Bertz CT molecular complexity index is 875. The van der Waals surface area contributed by atoms with E-state index in [1.807, 2.05) is 30.3 Å². The molecule has 0 spiro atoms. The van der Waals surface area contributed by atoms with Crippen molar-refractivity contribution in [1.82, 2.24) is 0 Å². The summed E-state index contributed by atoms with van der Waals surface area (Å²) in [5.41, 5.74) is 5.94. The summed E-state index contributed by atoms with van der Waals surface area (Å²) in [5, 5.41) is 10.6. The van der Waals surface area contributed by atoms with Gasteiger partial charge in [-0.2, -0.15) is 0 Å². The number of nitrogen functional groups attached to an aromatic ring is 1. The summed E-state index contributed by atoms with van der Waals surface area (Å²) >= 11 is 0. The molecule has 1 aromatic heterocycles. The van der Waals surface area contributed by atoms with E-state index in [0.29, 0.717) is 28.2 Å². The molecule has 24 heavy (non-hydrogen) atoms. The van der Waals surface area contributed by atoms with Crippen LogP contribution in [0.25, 0.3) is 11.0 Å². The Morgan fingerprint density at radius 2 is 1.71 bits per heavy atom. The van der Waals surface area contributed by atoms with E-state index in [0.717, 1.165) is 0 Å². The Morgan fingerprint density at radius 1 is 1.00 bits per heavy atom. The molecule has 0 amide bonds. The molecule has 3 N–H and O–H groups in total. The average Bonchev–Trinajstić information content (AvgIpc) is 2.58. The van der Waals surface area contributed by atoms with Crippen molar-refractivity contribution < 1.29 is 19.0 Å². The lowest BCUT2D eigenvalue weighted by Gasteiger charge is -2.14. The summed E-state index contributed by atoms with van der Waals surface area (Å²) in [5.74, 6) is 1.15. The number of rotatable bonds is 6. The third-order valence-electron chi connectivity index (χ3n) is 3.38. The van der Waals surface area contributed by atoms with Crippen molar-refractivity contribution in [2.75, 3.05) is 18.9 Å². The van der Waals surface area contributed by atoms with Crippen LogP contribution in [0.4, 0.5) is 5.69 Å². The SMILES string of the molecule is Nc1cc(=O)oc2cc(OCC(O)COc3ccccc3)ccc12. The number of para-hydroxylation sites is 1. The molecule has 0 aliphatic carbocycles. The maximum atomic E-state index is 11.4. The van der Waals surface area contributed by atoms with Crippen molar-refractivity contribution in [3.63, 3.8) is 0 Å². The summed E-state index contributed by atoms with van der Waals surface area (Å²) in [4.78, 5) is 11.4. The monoisotopic (exact) mass is 327 g/mol. The van der Waals surface area contributed by atoms with Crippen LogP contribution < -0.4 is 20.8 Å². The second-order valence-electron chi connectivity index (χ2n) is 5.27. The molecule has 1 atom stereocenters. The van der Waals surface area contributed by atoms with Gasteiger partial charge in [-0.1, -0.05) is 18.2 Å². The van der Waals surface area contributed by atoms with Crippen LogP contribution in [-0.2, 0) is 0 Å². The van der Waals surface area contributed by atoms with E-state index in [1.165, 1.54) is 6.07 Å². The average molecular weight is 327 g/mol. The fraction of sp³-hybridized carbons (Fsp3) is 0.167. The molecule has 0 bridgehead atoms. The summed E-state index contributed by atoms with van der Waals surface area (Å²) < 4.78 is 16.1. The minimum Gasteiger partial charge on any atom is -0.491 e. The number of benzene rings is 2. The number of hydrogen-bond donors (Lipinski definition) is 2. The number of nitrogens with two attached hydrogens (primary N) is 1. The molecule has 0 saturated carbocycles. The van der Waals surface area contributed by atoms with Crippen LogP contribution in [0.5, 0.6) is 11.5 Å². The van der Waals surface area contributed by atoms with Gasteiger partial charge < -0.3 is 24.7 Å². The molecule has 0 saturated heterocycles. The highest BCUT2D eigenvalue weighted by Gasteiger charge is 2.09. The Kier molecular flexibility index (Phi) is 4.67. The molecule has 2 aromatic carbocycles. The van der Waals surface area contributed by atoms with Gasteiger partial charge in [-0.3, -0.25) is 0 Å². The van der Waals surface area contributed by atoms with Crippen molar-refractivity contribution in [1.29, 1.82) is 0 Å². The molecule has 1 unspecified atom stereocenters. The fourth-order valence-corrected chi connectivity index (χ4v) is 2.21. The number of anilines is 1. The van der Waals surface area contributed by atoms with Gasteiger partial charge in [0.15, 0.2) is 0 Å². The molecule has 3 rings (SSSR count). The van der Waals surface area contributed by atoms with E-state index in [4.69, 9.17) is 19.6 Å². The van der Waals surface area contributed by atoms with Crippen LogP contribution in [0.3, 0.4) is 0 Å². The van der Waals surface area contributed by atoms with E-state index < -0.39 is 11.7 Å². The minimum atomic E-state index is -0.797. The molecule has 0 fully saturated rings. The van der Waals surface area contributed by atoms with E-state index in [1.54, 1.807) is 18.2 Å². The molecular weight excluding hydrogens is 310 g/mol. The van der Waals surface area contributed by atoms with Crippen molar-refractivity contribution in [3.05, 3.63) is 65.0 Å². The maximum absolute atomic E-state index is 11.4. The lowest BCUT2D eigenvalue weighted by molar-refractivity contribution is 0.0626. The lowest BCUT2D eigenvalue weighted by Crippen LogP contribution is -2.25. The normalized spacial score (nSPS) is 12.0. The summed E-state index contributed by atoms with van der Waals surface area (Å²) in [6.45, 7) is 0.157. The first-order valence-electron chi connectivity index (χ1n) is 7.44. The van der Waals surface area contributed by atoms with Crippen LogP contribution in [-0.4, -0.2) is 24.4 Å². The number of aliphatic hydroxyl groups excluding tert-OH is 1. The Morgan fingerprint density at radius 3 is 2.46 bits per heavy atom. The van der Waals surface area contributed by atoms with Crippen molar-refractivity contribution in [2.24, 2.45) is 0 Å². The van der Waals surface area contributed by atoms with E-state index in [-0.39, 0.29) is 13.2 Å². The minimum absolute atomic E-state index is 0.0465. The van der Waals surface area contributed by atoms with Gasteiger partial charge in [0.2, 0.25) is 0 Å². The van der Waals surface area contributed by atoms with Crippen LogP contribution in [0, 0.1) is 0 Å². The molecule has 1 heterocycles. The molecule has 3 aromatic rings. The standard InChI is InChI=1S/C18H17NO5/c19-16-9-18(21)24-17-8-14(6-7-15(16)17)23-11-12(20)10-22-13-4-2-1-3-5-13/h1-9,12,20H,10-11,19H2. The third kappa shape index (κ3) is 3.85. The summed E-state index contributed by atoms with van der Waals surface area (Å²) in [7, 11) is 0. The first-order valence-corrected chi connectivity index (χ1v) is 7.44. The predicted molar refractivity (Wildman–Crippen MR) is 90.3 cm³/mol. The van der Waals surface area contributed by atoms with E-state index in [9.17, 15) is 9.90 Å². The Balaban J connectivity index is 1.60. The zero-order valence-electron chi connectivity index (χ0n) is 12.8. The molecule has 6 heteroatoms. The molecule has 124 valence electrons. The topological polar surface area (TPSA) is 94.9 Å². The van der Waals surface area contributed by atoms with Gasteiger partial charge in [-0.25, -0.2) is 4.79 Å². The third-order valence-corrected chi connectivity index (χ3v) is 3.38. The van der Waals surface area contributed by atoms with Crippen molar-refractivity contribution in [2.45, 2.75) is 6.10 Å². The predicted octanol–water partition coefficient (Wildman–Crippen LogP) is 2.19. The first kappa shape index (κ1) is 15.9. The van der Waals surface area contributed by atoms with Crippen LogP contribution in [0.1, 0.15) is 0 Å². The van der Waals surface area contributed by atoms with Crippen LogP contribution in [0.15, 0.2) is 63.8 Å². The molecule has 0 aliphatic rings. The number of fused-ring (bicyclic) bond motifs is 1. The van der Waals surface area contributed by atoms with Gasteiger partial charge >= 0.3 is 5.63 Å². The molecule has 0 radical (unpaired) electrons. The van der Waals surface area contributed by atoms with Crippen LogP contribution in [0.2, 0.25) is 0 Å². The Labute approximate surface area is 138 Å². The second-order valence-corrected chi connectivity index (χ2v) is 5.27. The number of hydrogen-bond acceptors (Lipinski definition) is 6.